The summed E-state index contributed by atoms with van der Waals surface area (Å²) >= 11 is 11.4. The highest BCUT2D eigenvalue weighted by atomic mass is 35.5. The number of halogens is 2. The van der Waals surface area contributed by atoms with E-state index in [-0.39, 0.29) is 34.3 Å². The molecule has 0 unspecified atom stereocenters. The van der Waals surface area contributed by atoms with Gasteiger partial charge in [0.15, 0.2) is 0 Å². The molecule has 1 heterocycles. The second kappa shape index (κ2) is 6.66. The van der Waals surface area contributed by atoms with Crippen LogP contribution < -0.4 is 0 Å². The minimum absolute atomic E-state index is 0.0180. The van der Waals surface area contributed by atoms with Crippen molar-refractivity contribution < 1.29 is 13.9 Å². The molecule has 0 amide bonds. The quantitative estimate of drug-likeness (QED) is 0.649. The molecule has 1 aromatic heterocycles. The average molecular weight is 365 g/mol. The summed E-state index contributed by atoms with van der Waals surface area (Å²) in [6.07, 6.45) is 3.35. The number of allylic oxidation sites excluding steroid dienone is 1. The molecule has 1 aliphatic carbocycles. The summed E-state index contributed by atoms with van der Waals surface area (Å²) in [6, 6.07) is 11.5. The van der Waals surface area contributed by atoms with Crippen LogP contribution in [0, 0.1) is 17.3 Å². The number of benzene rings is 1. The molecule has 2 atom stereocenters. The monoisotopic (exact) mass is 364 g/mol. The highest BCUT2D eigenvalue weighted by Crippen LogP contribution is 2.60. The van der Waals surface area contributed by atoms with Crippen LogP contribution >= 0.6 is 23.2 Å². The van der Waals surface area contributed by atoms with E-state index in [0.29, 0.717) is 0 Å². The molecule has 0 bridgehead atoms. The van der Waals surface area contributed by atoms with Crippen LogP contribution in [-0.2, 0) is 16.1 Å². The lowest BCUT2D eigenvalue weighted by Gasteiger charge is -2.07. The molecule has 5 heteroatoms. The molecule has 1 fully saturated rings. The maximum absolute atomic E-state index is 12.3. The van der Waals surface area contributed by atoms with E-state index in [9.17, 15) is 4.79 Å². The first-order chi connectivity index (χ1) is 11.4. The van der Waals surface area contributed by atoms with Gasteiger partial charge in [-0.05, 0) is 41.2 Å². The van der Waals surface area contributed by atoms with Crippen LogP contribution in [0.4, 0.5) is 0 Å². The lowest BCUT2D eigenvalue weighted by atomic mass is 10.1. The molecular weight excluding hydrogens is 347 g/mol. The highest BCUT2D eigenvalue weighted by molar-refractivity contribution is 6.55. The van der Waals surface area contributed by atoms with Gasteiger partial charge in [-0.25, -0.2) is 0 Å². The molecule has 1 saturated carbocycles. The summed E-state index contributed by atoms with van der Waals surface area (Å²) in [4.78, 5) is 12.3. The highest BCUT2D eigenvalue weighted by Gasteiger charge is 2.61. The number of hydrogen-bond donors (Lipinski definition) is 0. The fourth-order valence-electron chi connectivity index (χ4n) is 3.08. The van der Waals surface area contributed by atoms with Crippen LogP contribution in [0.1, 0.15) is 19.4 Å². The Bertz CT molecular complexity index is 759. The Kier molecular flexibility index (Phi) is 4.75. The van der Waals surface area contributed by atoms with E-state index in [1.807, 2.05) is 50.2 Å². The van der Waals surface area contributed by atoms with Crippen LogP contribution in [0.2, 0.25) is 0 Å². The Morgan fingerprint density at radius 2 is 2.08 bits per heavy atom. The van der Waals surface area contributed by atoms with Gasteiger partial charge in [-0.1, -0.05) is 55.2 Å². The Morgan fingerprint density at radius 3 is 2.75 bits per heavy atom. The summed E-state index contributed by atoms with van der Waals surface area (Å²) < 4.78 is 11.1. The molecule has 3 nitrogen and oxygen atoms in total. The van der Waals surface area contributed by atoms with Gasteiger partial charge in [-0.3, -0.25) is 4.79 Å². The lowest BCUT2D eigenvalue weighted by Crippen LogP contribution is -2.10. The standard InChI is InChI=1S/C19H18Cl2O3/c1-19(2)14(10-16(20)21)17(19)18(22)24-11-12-5-3-6-13(9-12)15-7-4-8-23-15/h3-10,14,17H,11H2,1-2H3/t14-,17-/m1/s1. The van der Waals surface area contributed by atoms with Gasteiger partial charge in [0.1, 0.15) is 16.9 Å². The van der Waals surface area contributed by atoms with Gasteiger partial charge < -0.3 is 9.15 Å². The summed E-state index contributed by atoms with van der Waals surface area (Å²) in [5.74, 6) is 0.371. The molecule has 0 saturated heterocycles. The van der Waals surface area contributed by atoms with E-state index in [1.54, 1.807) is 12.3 Å². The molecule has 1 aromatic carbocycles. The molecule has 2 aromatic rings. The van der Waals surface area contributed by atoms with Crippen molar-refractivity contribution in [2.75, 3.05) is 0 Å². The van der Waals surface area contributed by atoms with Crippen molar-refractivity contribution in [2.45, 2.75) is 20.5 Å². The molecule has 0 N–H and O–H groups in total. The fourth-order valence-corrected chi connectivity index (χ4v) is 3.35. The summed E-state index contributed by atoms with van der Waals surface area (Å²) in [6.45, 7) is 4.24. The Balaban J connectivity index is 1.63. The number of carbonyl (C=O) groups excluding carboxylic acids is 1. The van der Waals surface area contributed by atoms with Gasteiger partial charge in [0.25, 0.3) is 0 Å². The number of carbonyl (C=O) groups is 1. The normalized spacial score (nSPS) is 21.2. The lowest BCUT2D eigenvalue weighted by molar-refractivity contribution is -0.147. The van der Waals surface area contributed by atoms with Crippen molar-refractivity contribution in [1.82, 2.24) is 0 Å². The van der Waals surface area contributed by atoms with Crippen molar-refractivity contribution in [2.24, 2.45) is 17.3 Å². The predicted molar refractivity (Wildman–Crippen MR) is 94.5 cm³/mol. The smallest absolute Gasteiger partial charge is 0.310 e. The van der Waals surface area contributed by atoms with Crippen molar-refractivity contribution >= 4 is 29.2 Å². The third kappa shape index (κ3) is 3.52. The summed E-state index contributed by atoms with van der Waals surface area (Å²) in [7, 11) is 0. The largest absolute Gasteiger partial charge is 0.464 e. The number of esters is 1. The summed E-state index contributed by atoms with van der Waals surface area (Å²) in [5.41, 5.74) is 1.69. The molecule has 24 heavy (non-hydrogen) atoms. The van der Waals surface area contributed by atoms with Crippen molar-refractivity contribution in [3.8, 4) is 11.3 Å². The van der Waals surface area contributed by atoms with Crippen molar-refractivity contribution in [3.05, 3.63) is 58.8 Å². The molecule has 3 rings (SSSR count). The average Bonchev–Trinajstić information content (AvgIpc) is 2.94. The third-order valence-electron chi connectivity index (χ3n) is 4.58. The number of furan rings is 1. The first-order valence-electron chi connectivity index (χ1n) is 7.72. The van der Waals surface area contributed by atoms with Crippen LogP contribution in [0.15, 0.2) is 57.6 Å². The second-order valence-corrected chi connectivity index (χ2v) is 7.57. The predicted octanol–water partition coefficient (Wildman–Crippen LogP) is 5.58. The van der Waals surface area contributed by atoms with Crippen LogP contribution in [-0.4, -0.2) is 5.97 Å². The third-order valence-corrected chi connectivity index (χ3v) is 4.84. The van der Waals surface area contributed by atoms with Crippen molar-refractivity contribution in [3.63, 3.8) is 0 Å². The minimum Gasteiger partial charge on any atom is -0.464 e. The van der Waals surface area contributed by atoms with Gasteiger partial charge in [-0.15, -0.1) is 0 Å². The van der Waals surface area contributed by atoms with E-state index in [4.69, 9.17) is 32.4 Å². The van der Waals surface area contributed by atoms with Crippen LogP contribution in [0.5, 0.6) is 0 Å². The number of rotatable bonds is 5. The maximum Gasteiger partial charge on any atom is 0.310 e. The van der Waals surface area contributed by atoms with E-state index >= 15 is 0 Å². The SMILES string of the molecule is CC1(C)[C@H](C=C(Cl)Cl)[C@@H]1C(=O)OCc1cccc(-c2ccco2)c1. The van der Waals surface area contributed by atoms with Gasteiger partial charge in [0, 0.05) is 5.56 Å². The molecule has 1 aliphatic rings. The fraction of sp³-hybridized carbons (Fsp3) is 0.316. The molecule has 0 aliphatic heterocycles. The minimum atomic E-state index is -0.223. The van der Waals surface area contributed by atoms with E-state index < -0.39 is 0 Å². The Hall–Kier alpha value is -1.71. The second-order valence-electron chi connectivity index (χ2n) is 6.57. The molecular formula is C19H18Cl2O3. The Labute approximate surface area is 151 Å². The zero-order chi connectivity index (χ0) is 17.3. The van der Waals surface area contributed by atoms with E-state index in [0.717, 1.165) is 16.9 Å². The maximum atomic E-state index is 12.3. The first kappa shape index (κ1) is 17.1. The van der Waals surface area contributed by atoms with Crippen LogP contribution in [0.3, 0.4) is 0 Å². The van der Waals surface area contributed by atoms with E-state index in [1.165, 1.54) is 0 Å². The van der Waals surface area contributed by atoms with Crippen molar-refractivity contribution in [1.29, 1.82) is 0 Å². The van der Waals surface area contributed by atoms with Gasteiger partial charge >= 0.3 is 5.97 Å². The molecule has 126 valence electrons. The molecule has 0 radical (unpaired) electrons. The molecule has 0 spiro atoms. The van der Waals surface area contributed by atoms with Gasteiger partial charge in [-0.2, -0.15) is 0 Å². The van der Waals surface area contributed by atoms with Crippen LogP contribution in [0.25, 0.3) is 11.3 Å². The zero-order valence-electron chi connectivity index (χ0n) is 13.5. The Morgan fingerprint density at radius 1 is 1.29 bits per heavy atom. The first-order valence-corrected chi connectivity index (χ1v) is 8.47. The number of ether oxygens (including phenoxy) is 1. The van der Waals surface area contributed by atoms with E-state index in [2.05, 4.69) is 0 Å². The van der Waals surface area contributed by atoms with Gasteiger partial charge in [0.2, 0.25) is 0 Å². The topological polar surface area (TPSA) is 39.4 Å². The summed E-state index contributed by atoms with van der Waals surface area (Å²) in [5, 5.41) is 0. The van der Waals surface area contributed by atoms with Gasteiger partial charge in [0.05, 0.1) is 12.2 Å². The zero-order valence-corrected chi connectivity index (χ0v) is 15.0. The number of hydrogen-bond acceptors (Lipinski definition) is 3.